The average Bonchev–Trinajstić information content (AvgIpc) is 2.17. The molecule has 1 heterocycles. The Bertz CT molecular complexity index is 317. The fourth-order valence-corrected chi connectivity index (χ4v) is 0.732. The summed E-state index contributed by atoms with van der Waals surface area (Å²) in [6.45, 7) is 3.94. The zero-order chi connectivity index (χ0) is 9.73. The zero-order valence-electron chi connectivity index (χ0n) is 8.04. The Balaban J connectivity index is 2.79. The first-order valence-electron chi connectivity index (χ1n) is 4.37. The molecule has 0 aromatic carbocycles. The van der Waals surface area contributed by atoms with E-state index in [-0.39, 0.29) is 0 Å². The SMILES string of the molecule is CCC(C)(N)C#Cc1ccccn1. The van der Waals surface area contributed by atoms with Gasteiger partial charge in [0.15, 0.2) is 0 Å². The van der Waals surface area contributed by atoms with Crippen molar-refractivity contribution in [1.82, 2.24) is 4.98 Å². The van der Waals surface area contributed by atoms with Crippen LogP contribution in [0.3, 0.4) is 0 Å². The molecule has 1 rings (SSSR count). The molecule has 1 unspecified atom stereocenters. The van der Waals surface area contributed by atoms with E-state index >= 15 is 0 Å². The molecule has 2 N–H and O–H groups in total. The van der Waals surface area contributed by atoms with Crippen molar-refractivity contribution >= 4 is 0 Å². The Morgan fingerprint density at radius 2 is 2.31 bits per heavy atom. The van der Waals surface area contributed by atoms with Crippen LogP contribution < -0.4 is 5.73 Å². The van der Waals surface area contributed by atoms with Crippen molar-refractivity contribution in [3.8, 4) is 11.8 Å². The van der Waals surface area contributed by atoms with Crippen molar-refractivity contribution in [3.63, 3.8) is 0 Å². The van der Waals surface area contributed by atoms with Crippen molar-refractivity contribution in [2.45, 2.75) is 25.8 Å². The van der Waals surface area contributed by atoms with Crippen LogP contribution in [0.1, 0.15) is 26.0 Å². The van der Waals surface area contributed by atoms with Gasteiger partial charge in [0.1, 0.15) is 5.69 Å². The van der Waals surface area contributed by atoms with Crippen molar-refractivity contribution in [3.05, 3.63) is 30.1 Å². The highest BCUT2D eigenvalue weighted by molar-refractivity contribution is 5.30. The molecule has 0 fully saturated rings. The lowest BCUT2D eigenvalue weighted by atomic mass is 10.0. The van der Waals surface area contributed by atoms with Gasteiger partial charge in [0.05, 0.1) is 5.54 Å². The lowest BCUT2D eigenvalue weighted by molar-refractivity contribution is 0.586. The van der Waals surface area contributed by atoms with Crippen LogP contribution in [0.15, 0.2) is 24.4 Å². The number of rotatable bonds is 1. The molecular weight excluding hydrogens is 160 g/mol. The Morgan fingerprint density at radius 3 is 2.85 bits per heavy atom. The van der Waals surface area contributed by atoms with E-state index in [1.165, 1.54) is 0 Å². The smallest absolute Gasteiger partial charge is 0.113 e. The minimum absolute atomic E-state index is 0.405. The number of pyridine rings is 1. The Kier molecular flexibility index (Phi) is 3.05. The van der Waals surface area contributed by atoms with Crippen LogP contribution in [0.2, 0.25) is 0 Å². The topological polar surface area (TPSA) is 38.9 Å². The summed E-state index contributed by atoms with van der Waals surface area (Å²) < 4.78 is 0. The first kappa shape index (κ1) is 9.76. The van der Waals surface area contributed by atoms with Crippen LogP contribution in [0.5, 0.6) is 0 Å². The number of aromatic nitrogens is 1. The van der Waals surface area contributed by atoms with Crippen molar-refractivity contribution in [2.24, 2.45) is 5.73 Å². The maximum absolute atomic E-state index is 5.86. The molecule has 1 aromatic heterocycles. The fraction of sp³-hybridized carbons (Fsp3) is 0.364. The second-order valence-electron chi connectivity index (χ2n) is 3.24. The lowest BCUT2D eigenvalue weighted by Crippen LogP contribution is -2.33. The van der Waals surface area contributed by atoms with Crippen LogP contribution in [0.4, 0.5) is 0 Å². The van der Waals surface area contributed by atoms with Gasteiger partial charge in [-0.1, -0.05) is 18.9 Å². The number of hydrogen-bond donors (Lipinski definition) is 1. The summed E-state index contributed by atoms with van der Waals surface area (Å²) in [6, 6.07) is 5.65. The van der Waals surface area contributed by atoms with Crippen LogP contribution in [-0.2, 0) is 0 Å². The molecule has 0 aliphatic carbocycles. The molecule has 0 saturated carbocycles. The summed E-state index contributed by atoms with van der Waals surface area (Å²) in [5, 5.41) is 0. The van der Waals surface area contributed by atoms with Crippen LogP contribution in [-0.4, -0.2) is 10.5 Å². The summed E-state index contributed by atoms with van der Waals surface area (Å²) in [6.07, 6.45) is 2.57. The third-order valence-corrected chi connectivity index (χ3v) is 1.88. The highest BCUT2D eigenvalue weighted by Gasteiger charge is 2.09. The van der Waals surface area contributed by atoms with Crippen LogP contribution in [0.25, 0.3) is 0 Å². The predicted octanol–water partition coefficient (Wildman–Crippen LogP) is 1.56. The highest BCUT2D eigenvalue weighted by Crippen LogP contribution is 2.02. The summed E-state index contributed by atoms with van der Waals surface area (Å²) in [5.41, 5.74) is 6.23. The van der Waals surface area contributed by atoms with Gasteiger partial charge in [-0.15, -0.1) is 0 Å². The minimum Gasteiger partial charge on any atom is -0.315 e. The summed E-state index contributed by atoms with van der Waals surface area (Å²) >= 11 is 0. The maximum atomic E-state index is 5.86. The molecule has 2 heteroatoms. The molecule has 2 nitrogen and oxygen atoms in total. The Morgan fingerprint density at radius 1 is 1.54 bits per heavy atom. The van der Waals surface area contributed by atoms with Crippen molar-refractivity contribution in [1.29, 1.82) is 0 Å². The van der Waals surface area contributed by atoms with Crippen LogP contribution in [0, 0.1) is 11.8 Å². The summed E-state index contributed by atoms with van der Waals surface area (Å²) in [5.74, 6) is 5.94. The van der Waals surface area contributed by atoms with Crippen molar-refractivity contribution < 1.29 is 0 Å². The highest BCUT2D eigenvalue weighted by atomic mass is 14.7. The second-order valence-corrected chi connectivity index (χ2v) is 3.24. The van der Waals surface area contributed by atoms with Gasteiger partial charge < -0.3 is 5.73 Å². The van der Waals surface area contributed by atoms with E-state index in [0.29, 0.717) is 0 Å². The standard InChI is InChI=1S/C11H14N2/c1-3-11(2,12)8-7-10-6-4-5-9-13-10/h4-6,9H,3,12H2,1-2H3. The van der Waals surface area contributed by atoms with Crippen molar-refractivity contribution in [2.75, 3.05) is 0 Å². The van der Waals surface area contributed by atoms with E-state index in [0.717, 1.165) is 12.1 Å². The molecular formula is C11H14N2. The number of hydrogen-bond acceptors (Lipinski definition) is 2. The van der Waals surface area contributed by atoms with E-state index in [1.54, 1.807) is 6.20 Å². The quantitative estimate of drug-likeness (QED) is 0.656. The van der Waals surface area contributed by atoms with E-state index in [1.807, 2.05) is 32.0 Å². The Hall–Kier alpha value is -1.33. The van der Waals surface area contributed by atoms with E-state index < -0.39 is 5.54 Å². The lowest BCUT2D eigenvalue weighted by Gasteiger charge is -2.13. The summed E-state index contributed by atoms with van der Waals surface area (Å²) in [7, 11) is 0. The maximum Gasteiger partial charge on any atom is 0.113 e. The van der Waals surface area contributed by atoms with Gasteiger partial charge in [-0.2, -0.15) is 0 Å². The molecule has 0 bridgehead atoms. The van der Waals surface area contributed by atoms with E-state index in [9.17, 15) is 0 Å². The third kappa shape index (κ3) is 3.27. The number of nitrogens with two attached hydrogens (primary N) is 1. The molecule has 1 aromatic rings. The fourth-order valence-electron chi connectivity index (χ4n) is 0.732. The van der Waals surface area contributed by atoms with E-state index in [2.05, 4.69) is 16.8 Å². The normalized spacial score (nSPS) is 14.1. The van der Waals surface area contributed by atoms with Gasteiger partial charge in [-0.05, 0) is 31.4 Å². The largest absolute Gasteiger partial charge is 0.315 e. The average molecular weight is 174 g/mol. The van der Waals surface area contributed by atoms with Gasteiger partial charge in [-0.3, -0.25) is 0 Å². The number of nitrogens with zero attached hydrogens (tertiary/aromatic N) is 1. The molecule has 0 saturated heterocycles. The van der Waals surface area contributed by atoms with Crippen LogP contribution >= 0.6 is 0 Å². The molecule has 0 amide bonds. The van der Waals surface area contributed by atoms with Gasteiger partial charge in [0, 0.05) is 6.20 Å². The molecule has 13 heavy (non-hydrogen) atoms. The molecule has 0 aliphatic rings. The van der Waals surface area contributed by atoms with Gasteiger partial charge in [0.2, 0.25) is 0 Å². The molecule has 1 atom stereocenters. The van der Waals surface area contributed by atoms with E-state index in [4.69, 9.17) is 5.73 Å². The van der Waals surface area contributed by atoms with Gasteiger partial charge >= 0.3 is 0 Å². The first-order chi connectivity index (χ1) is 6.14. The third-order valence-electron chi connectivity index (χ3n) is 1.88. The Labute approximate surface area is 79.2 Å². The zero-order valence-corrected chi connectivity index (χ0v) is 8.04. The molecule has 0 aliphatic heterocycles. The first-order valence-corrected chi connectivity index (χ1v) is 4.37. The monoisotopic (exact) mass is 174 g/mol. The predicted molar refractivity (Wildman–Crippen MR) is 54.0 cm³/mol. The van der Waals surface area contributed by atoms with Gasteiger partial charge in [-0.25, -0.2) is 4.98 Å². The molecule has 0 radical (unpaired) electrons. The molecule has 0 spiro atoms. The van der Waals surface area contributed by atoms with Gasteiger partial charge in [0.25, 0.3) is 0 Å². The summed E-state index contributed by atoms with van der Waals surface area (Å²) in [4.78, 5) is 4.09. The molecule has 68 valence electrons. The second kappa shape index (κ2) is 4.06. The minimum atomic E-state index is -0.405.